The number of thiophene rings is 2. The second-order valence-corrected chi connectivity index (χ2v) is 9.25. The van der Waals surface area contributed by atoms with Gasteiger partial charge in [0.1, 0.15) is 17.0 Å². The summed E-state index contributed by atoms with van der Waals surface area (Å²) in [6.45, 7) is 4.47. The van der Waals surface area contributed by atoms with Crippen LogP contribution in [0.15, 0.2) is 29.9 Å². The lowest BCUT2D eigenvalue weighted by molar-refractivity contribution is -0.131. The molecule has 1 amide bonds. The molecule has 0 aromatic carbocycles. The molecule has 1 aliphatic rings. The number of amides is 1. The molecule has 0 radical (unpaired) electrons. The molecule has 4 heterocycles. The average Bonchev–Trinajstić information content (AvgIpc) is 3.31. The number of likely N-dealkylation sites (N-methyl/N-ethyl adjacent to an activating group) is 1. The third-order valence-electron chi connectivity index (χ3n) is 4.72. The van der Waals surface area contributed by atoms with Crippen LogP contribution in [-0.4, -0.2) is 65.4 Å². The first-order valence-corrected chi connectivity index (χ1v) is 10.8. The van der Waals surface area contributed by atoms with E-state index in [2.05, 4.69) is 25.8 Å². The van der Waals surface area contributed by atoms with E-state index in [0.717, 1.165) is 51.4 Å². The largest absolute Gasteiger partial charge is 0.353 e. The maximum atomic E-state index is 12.5. The van der Waals surface area contributed by atoms with Gasteiger partial charge in [-0.15, -0.1) is 22.7 Å². The molecule has 1 fully saturated rings. The number of anilines is 1. The second-order valence-electron chi connectivity index (χ2n) is 6.56. The van der Waals surface area contributed by atoms with Crippen LogP contribution < -0.4 is 4.90 Å². The fourth-order valence-corrected chi connectivity index (χ4v) is 5.09. The quantitative estimate of drug-likeness (QED) is 0.633. The molecule has 0 spiro atoms. The van der Waals surface area contributed by atoms with Crippen molar-refractivity contribution >= 4 is 56.2 Å². The summed E-state index contributed by atoms with van der Waals surface area (Å²) in [6.07, 6.45) is 1.63. The van der Waals surface area contributed by atoms with Gasteiger partial charge in [0.05, 0.1) is 22.8 Å². The van der Waals surface area contributed by atoms with Crippen molar-refractivity contribution in [2.24, 2.45) is 0 Å². The molecule has 1 saturated heterocycles. The Kier molecular flexibility index (Phi) is 5.58. The number of aromatic nitrogens is 2. The standard InChI is InChI=1S/C18H20ClN5OS2/c1-22(10-13-2-3-15(19)27-13)16(25)11-23-5-7-24(8-6-23)17-14-4-9-26-18(14)21-12-20-17/h2-4,9,12H,5-8,10-11H2,1H3. The number of hydrogen-bond donors (Lipinski definition) is 0. The summed E-state index contributed by atoms with van der Waals surface area (Å²) < 4.78 is 0.756. The summed E-state index contributed by atoms with van der Waals surface area (Å²) in [5, 5.41) is 3.16. The van der Waals surface area contributed by atoms with E-state index in [1.165, 1.54) is 11.3 Å². The second kappa shape index (κ2) is 8.10. The van der Waals surface area contributed by atoms with Crippen LogP contribution >= 0.6 is 34.3 Å². The number of rotatable bonds is 5. The Morgan fingerprint density at radius 3 is 2.78 bits per heavy atom. The molecule has 6 nitrogen and oxygen atoms in total. The van der Waals surface area contributed by atoms with E-state index in [4.69, 9.17) is 11.6 Å². The fraction of sp³-hybridized carbons (Fsp3) is 0.389. The minimum atomic E-state index is 0.134. The molecule has 0 N–H and O–H groups in total. The van der Waals surface area contributed by atoms with Crippen molar-refractivity contribution in [2.45, 2.75) is 6.54 Å². The van der Waals surface area contributed by atoms with Crippen molar-refractivity contribution in [3.63, 3.8) is 0 Å². The molecule has 142 valence electrons. The van der Waals surface area contributed by atoms with Crippen molar-refractivity contribution in [1.82, 2.24) is 19.8 Å². The van der Waals surface area contributed by atoms with Crippen molar-refractivity contribution in [3.05, 3.63) is 39.1 Å². The van der Waals surface area contributed by atoms with Gasteiger partial charge < -0.3 is 9.80 Å². The maximum Gasteiger partial charge on any atom is 0.236 e. The Balaban J connectivity index is 1.31. The molecular weight excluding hydrogens is 402 g/mol. The van der Waals surface area contributed by atoms with E-state index in [1.807, 2.05) is 24.6 Å². The SMILES string of the molecule is CN(Cc1ccc(Cl)s1)C(=O)CN1CCN(c2ncnc3sccc23)CC1. The van der Waals surface area contributed by atoms with E-state index in [1.54, 1.807) is 22.6 Å². The Morgan fingerprint density at radius 1 is 1.22 bits per heavy atom. The highest BCUT2D eigenvalue weighted by Gasteiger charge is 2.23. The first-order chi connectivity index (χ1) is 13.1. The lowest BCUT2D eigenvalue weighted by atomic mass is 10.2. The minimum Gasteiger partial charge on any atom is -0.353 e. The van der Waals surface area contributed by atoms with Crippen molar-refractivity contribution < 1.29 is 4.79 Å². The van der Waals surface area contributed by atoms with Crippen LogP contribution in [-0.2, 0) is 11.3 Å². The number of fused-ring (bicyclic) bond motifs is 1. The van der Waals surface area contributed by atoms with E-state index >= 15 is 0 Å². The number of nitrogens with zero attached hydrogens (tertiary/aromatic N) is 5. The van der Waals surface area contributed by atoms with Crippen molar-refractivity contribution in [2.75, 3.05) is 44.7 Å². The molecule has 1 aliphatic heterocycles. The summed E-state index contributed by atoms with van der Waals surface area (Å²) in [7, 11) is 1.85. The molecule has 3 aromatic heterocycles. The number of carbonyl (C=O) groups excluding carboxylic acids is 1. The molecule has 0 saturated carbocycles. The lowest BCUT2D eigenvalue weighted by Gasteiger charge is -2.35. The Labute approximate surface area is 171 Å². The van der Waals surface area contributed by atoms with Gasteiger partial charge in [0.25, 0.3) is 0 Å². The van der Waals surface area contributed by atoms with Crippen molar-refractivity contribution in [3.8, 4) is 0 Å². The predicted octanol–water partition coefficient (Wildman–Crippen LogP) is 3.19. The van der Waals surface area contributed by atoms with E-state index < -0.39 is 0 Å². The minimum absolute atomic E-state index is 0.134. The van der Waals surface area contributed by atoms with Gasteiger partial charge >= 0.3 is 0 Å². The van der Waals surface area contributed by atoms with Crippen LogP contribution in [0, 0.1) is 0 Å². The summed E-state index contributed by atoms with van der Waals surface area (Å²) >= 11 is 9.12. The zero-order valence-corrected chi connectivity index (χ0v) is 17.4. The topological polar surface area (TPSA) is 52.6 Å². The van der Waals surface area contributed by atoms with Gasteiger partial charge in [0.2, 0.25) is 5.91 Å². The van der Waals surface area contributed by atoms with Crippen LogP contribution in [0.4, 0.5) is 5.82 Å². The first kappa shape index (κ1) is 18.6. The summed E-state index contributed by atoms with van der Waals surface area (Å²) in [4.78, 5) is 29.7. The highest BCUT2D eigenvalue weighted by molar-refractivity contribution is 7.16. The average molecular weight is 422 g/mol. The fourth-order valence-electron chi connectivity index (χ4n) is 3.22. The smallest absolute Gasteiger partial charge is 0.236 e. The zero-order valence-electron chi connectivity index (χ0n) is 15.0. The maximum absolute atomic E-state index is 12.5. The molecule has 3 aromatic rings. The number of carbonyl (C=O) groups is 1. The Hall–Kier alpha value is -1.74. The number of hydrogen-bond acceptors (Lipinski definition) is 7. The Morgan fingerprint density at radius 2 is 2.04 bits per heavy atom. The summed E-state index contributed by atoms with van der Waals surface area (Å²) in [6, 6.07) is 5.93. The van der Waals surface area contributed by atoms with Crippen LogP contribution in [0.25, 0.3) is 10.2 Å². The van der Waals surface area contributed by atoms with E-state index in [9.17, 15) is 4.79 Å². The van der Waals surface area contributed by atoms with Crippen LogP contribution in [0.3, 0.4) is 0 Å². The first-order valence-electron chi connectivity index (χ1n) is 8.74. The van der Waals surface area contributed by atoms with Gasteiger partial charge in [-0.1, -0.05) is 11.6 Å². The number of halogens is 1. The van der Waals surface area contributed by atoms with Gasteiger partial charge in [-0.25, -0.2) is 9.97 Å². The summed E-state index contributed by atoms with van der Waals surface area (Å²) in [5.41, 5.74) is 0. The molecule has 0 atom stereocenters. The number of piperazine rings is 1. The Bertz CT molecular complexity index is 935. The molecule has 0 bridgehead atoms. The van der Waals surface area contributed by atoms with Crippen LogP contribution in [0.1, 0.15) is 4.88 Å². The van der Waals surface area contributed by atoms with Crippen LogP contribution in [0.2, 0.25) is 4.34 Å². The van der Waals surface area contributed by atoms with Gasteiger partial charge in [0, 0.05) is 38.1 Å². The predicted molar refractivity (Wildman–Crippen MR) is 112 cm³/mol. The van der Waals surface area contributed by atoms with Gasteiger partial charge in [-0.3, -0.25) is 9.69 Å². The summed E-state index contributed by atoms with van der Waals surface area (Å²) in [5.74, 6) is 1.13. The van der Waals surface area contributed by atoms with Gasteiger partial charge in [0.15, 0.2) is 0 Å². The van der Waals surface area contributed by atoms with Gasteiger partial charge in [-0.2, -0.15) is 0 Å². The monoisotopic (exact) mass is 421 g/mol. The third kappa shape index (κ3) is 4.24. The molecule has 0 aliphatic carbocycles. The normalized spacial score (nSPS) is 15.4. The molecule has 0 unspecified atom stereocenters. The molecular formula is C18H20ClN5OS2. The third-order valence-corrected chi connectivity index (χ3v) is 6.76. The van der Waals surface area contributed by atoms with Crippen molar-refractivity contribution in [1.29, 1.82) is 0 Å². The van der Waals surface area contributed by atoms with E-state index in [0.29, 0.717) is 13.1 Å². The van der Waals surface area contributed by atoms with E-state index in [-0.39, 0.29) is 5.91 Å². The zero-order chi connectivity index (χ0) is 18.8. The molecule has 4 rings (SSSR count). The van der Waals surface area contributed by atoms with Crippen LogP contribution in [0.5, 0.6) is 0 Å². The highest BCUT2D eigenvalue weighted by atomic mass is 35.5. The molecule has 27 heavy (non-hydrogen) atoms. The van der Waals surface area contributed by atoms with Gasteiger partial charge in [-0.05, 0) is 23.6 Å². The highest BCUT2D eigenvalue weighted by Crippen LogP contribution is 2.27. The lowest BCUT2D eigenvalue weighted by Crippen LogP contribution is -2.49. The molecule has 9 heteroatoms.